The highest BCUT2D eigenvalue weighted by Gasteiger charge is 2.17. The maximum Gasteiger partial charge on any atom is 0.332 e. The number of rotatable bonds is 6. The van der Waals surface area contributed by atoms with Crippen molar-refractivity contribution in [2.24, 2.45) is 14.1 Å². The Bertz CT molecular complexity index is 1180. The number of aromatic nitrogens is 4. The number of benzene rings is 1. The molecule has 9 nitrogen and oxygen atoms in total. The van der Waals surface area contributed by atoms with Crippen LogP contribution in [0.5, 0.6) is 5.75 Å². The number of nitrogens with zero attached hydrogens (tertiary/aromatic N) is 4. The summed E-state index contributed by atoms with van der Waals surface area (Å²) in [4.78, 5) is 41.4. The Balaban J connectivity index is 1.59. The summed E-state index contributed by atoms with van der Waals surface area (Å²) in [6.07, 6.45) is 1.46. The molecule has 0 aliphatic heterocycles. The van der Waals surface area contributed by atoms with Gasteiger partial charge in [-0.25, -0.2) is 14.3 Å². The fourth-order valence-corrected chi connectivity index (χ4v) is 3.15. The number of carbonyl (C=O) groups excluding carboxylic acids is 1. The third-order valence-electron chi connectivity index (χ3n) is 4.92. The Morgan fingerprint density at radius 1 is 1.13 bits per heavy atom. The molecule has 0 saturated carbocycles. The van der Waals surface area contributed by atoms with Gasteiger partial charge in [0.1, 0.15) is 18.9 Å². The van der Waals surface area contributed by atoms with Gasteiger partial charge in [-0.2, -0.15) is 0 Å². The van der Waals surface area contributed by atoms with Crippen molar-refractivity contribution in [3.8, 4) is 5.75 Å². The fraction of sp³-hybridized carbons (Fsp3) is 0.429. The van der Waals surface area contributed by atoms with Crippen LogP contribution in [0, 0.1) is 0 Å². The quantitative estimate of drug-likeness (QED) is 0.606. The van der Waals surface area contributed by atoms with Gasteiger partial charge in [-0.05, 0) is 23.1 Å². The molecule has 3 rings (SSSR count). The Hall–Kier alpha value is -3.36. The van der Waals surface area contributed by atoms with Gasteiger partial charge in [0.15, 0.2) is 11.2 Å². The van der Waals surface area contributed by atoms with Crippen LogP contribution in [-0.2, 0) is 30.8 Å². The van der Waals surface area contributed by atoms with Crippen molar-refractivity contribution in [3.63, 3.8) is 0 Å². The Labute approximate surface area is 173 Å². The van der Waals surface area contributed by atoms with Gasteiger partial charge in [0, 0.05) is 14.1 Å². The number of fused-ring (bicyclic) bond motifs is 1. The van der Waals surface area contributed by atoms with Crippen molar-refractivity contribution in [2.45, 2.75) is 32.7 Å². The Kier molecular flexibility index (Phi) is 5.82. The number of nitrogens with one attached hydrogen (secondary N) is 1. The second kappa shape index (κ2) is 8.17. The molecule has 0 atom stereocenters. The van der Waals surface area contributed by atoms with Gasteiger partial charge in [0.25, 0.3) is 5.56 Å². The minimum Gasteiger partial charge on any atom is -0.492 e. The van der Waals surface area contributed by atoms with Crippen LogP contribution in [0.25, 0.3) is 11.2 Å². The summed E-state index contributed by atoms with van der Waals surface area (Å²) in [6, 6.07) is 7.83. The molecule has 0 saturated heterocycles. The molecular formula is C21H27N5O4. The summed E-state index contributed by atoms with van der Waals surface area (Å²) in [5.41, 5.74) is 0.706. The zero-order valence-corrected chi connectivity index (χ0v) is 17.9. The molecule has 30 heavy (non-hydrogen) atoms. The van der Waals surface area contributed by atoms with Gasteiger partial charge < -0.3 is 14.6 Å². The average molecular weight is 413 g/mol. The predicted octanol–water partition coefficient (Wildman–Crippen LogP) is 0.926. The van der Waals surface area contributed by atoms with E-state index in [2.05, 4.69) is 31.1 Å². The van der Waals surface area contributed by atoms with Crippen LogP contribution in [0.3, 0.4) is 0 Å². The topological polar surface area (TPSA) is 100 Å². The normalized spacial score (nSPS) is 11.6. The van der Waals surface area contributed by atoms with Crippen LogP contribution in [0.4, 0.5) is 0 Å². The molecule has 0 unspecified atom stereocenters. The molecule has 2 heterocycles. The van der Waals surface area contributed by atoms with E-state index in [1.165, 1.54) is 28.1 Å². The van der Waals surface area contributed by atoms with Crippen LogP contribution in [0.15, 0.2) is 40.2 Å². The van der Waals surface area contributed by atoms with Crippen molar-refractivity contribution in [3.05, 3.63) is 57.0 Å². The van der Waals surface area contributed by atoms with Gasteiger partial charge in [0.05, 0.1) is 12.9 Å². The lowest BCUT2D eigenvalue weighted by molar-refractivity contribution is -0.121. The maximum absolute atomic E-state index is 12.6. The van der Waals surface area contributed by atoms with E-state index < -0.39 is 17.2 Å². The van der Waals surface area contributed by atoms with Crippen molar-refractivity contribution in [1.29, 1.82) is 0 Å². The largest absolute Gasteiger partial charge is 0.492 e. The third kappa shape index (κ3) is 4.29. The van der Waals surface area contributed by atoms with Crippen molar-refractivity contribution >= 4 is 17.1 Å². The number of hydrogen-bond acceptors (Lipinski definition) is 5. The summed E-state index contributed by atoms with van der Waals surface area (Å²) in [5, 5.41) is 2.67. The average Bonchev–Trinajstić information content (AvgIpc) is 3.08. The number of ether oxygens (including phenoxy) is 1. The smallest absolute Gasteiger partial charge is 0.332 e. The number of aryl methyl sites for hydroxylation is 2. The molecular weight excluding hydrogens is 386 g/mol. The molecule has 160 valence electrons. The summed E-state index contributed by atoms with van der Waals surface area (Å²) >= 11 is 0. The van der Waals surface area contributed by atoms with Gasteiger partial charge in [-0.3, -0.25) is 14.2 Å². The molecule has 9 heteroatoms. The second-order valence-electron chi connectivity index (χ2n) is 8.23. The zero-order chi connectivity index (χ0) is 22.1. The molecule has 0 aliphatic carbocycles. The van der Waals surface area contributed by atoms with E-state index in [0.717, 1.165) is 4.57 Å². The van der Waals surface area contributed by atoms with Crippen LogP contribution in [0.2, 0.25) is 0 Å². The lowest BCUT2D eigenvalue weighted by Gasteiger charge is -2.19. The van der Waals surface area contributed by atoms with Crippen molar-refractivity contribution in [1.82, 2.24) is 24.0 Å². The number of hydrogen-bond donors (Lipinski definition) is 1. The molecule has 3 aromatic rings. The molecule has 2 aromatic heterocycles. The lowest BCUT2D eigenvalue weighted by Crippen LogP contribution is -2.44. The van der Waals surface area contributed by atoms with E-state index in [1.54, 1.807) is 7.05 Å². The van der Waals surface area contributed by atoms with Gasteiger partial charge in [-0.15, -0.1) is 0 Å². The highest BCUT2D eigenvalue weighted by atomic mass is 16.5. The summed E-state index contributed by atoms with van der Waals surface area (Å²) in [6.45, 7) is 6.58. The Morgan fingerprint density at radius 3 is 2.43 bits per heavy atom. The third-order valence-corrected chi connectivity index (χ3v) is 4.92. The van der Waals surface area contributed by atoms with E-state index >= 15 is 0 Å². The number of carbonyl (C=O) groups is 1. The van der Waals surface area contributed by atoms with Crippen LogP contribution >= 0.6 is 0 Å². The highest BCUT2D eigenvalue weighted by molar-refractivity contribution is 5.76. The highest BCUT2D eigenvalue weighted by Crippen LogP contribution is 2.24. The van der Waals surface area contributed by atoms with E-state index in [1.807, 2.05) is 24.3 Å². The SMILES string of the molecule is Cn1cnc2c1c(=O)n(CC(=O)NCCOc1ccc(C(C)(C)C)cc1)c(=O)n2C. The first-order valence-electron chi connectivity index (χ1n) is 9.70. The summed E-state index contributed by atoms with van der Waals surface area (Å²) in [5.74, 6) is 0.270. The van der Waals surface area contributed by atoms with E-state index in [9.17, 15) is 14.4 Å². The maximum atomic E-state index is 12.6. The predicted molar refractivity (Wildman–Crippen MR) is 114 cm³/mol. The standard InChI is InChI=1S/C21H27N5O4/c1-21(2,3)14-6-8-15(9-7-14)30-11-10-22-16(27)12-26-19(28)17-18(23-13-24(17)4)25(5)20(26)29/h6-9,13H,10-12H2,1-5H3,(H,22,27). The minimum atomic E-state index is -0.587. The molecule has 1 aromatic carbocycles. The molecule has 0 bridgehead atoms. The van der Waals surface area contributed by atoms with Gasteiger partial charge >= 0.3 is 5.69 Å². The van der Waals surface area contributed by atoms with Crippen LogP contribution < -0.4 is 21.3 Å². The first kappa shape index (κ1) is 21.4. The molecule has 0 aliphatic rings. The molecule has 1 N–H and O–H groups in total. The van der Waals surface area contributed by atoms with Crippen LogP contribution in [0.1, 0.15) is 26.3 Å². The monoisotopic (exact) mass is 413 g/mol. The van der Waals surface area contributed by atoms with Crippen LogP contribution in [-0.4, -0.2) is 37.7 Å². The van der Waals surface area contributed by atoms with E-state index in [-0.39, 0.29) is 36.3 Å². The Morgan fingerprint density at radius 2 is 1.80 bits per heavy atom. The first-order valence-corrected chi connectivity index (χ1v) is 9.70. The number of imidazole rings is 1. The fourth-order valence-electron chi connectivity index (χ4n) is 3.15. The zero-order valence-electron chi connectivity index (χ0n) is 17.9. The minimum absolute atomic E-state index is 0.0696. The van der Waals surface area contributed by atoms with E-state index in [4.69, 9.17) is 4.74 Å². The van der Waals surface area contributed by atoms with Crippen molar-refractivity contribution in [2.75, 3.05) is 13.2 Å². The van der Waals surface area contributed by atoms with Gasteiger partial charge in [0.2, 0.25) is 5.91 Å². The summed E-state index contributed by atoms with van der Waals surface area (Å²) < 4.78 is 9.34. The molecule has 0 spiro atoms. The molecule has 1 amide bonds. The van der Waals surface area contributed by atoms with E-state index in [0.29, 0.717) is 5.75 Å². The summed E-state index contributed by atoms with van der Waals surface area (Å²) in [7, 11) is 3.18. The van der Waals surface area contributed by atoms with Crippen molar-refractivity contribution < 1.29 is 9.53 Å². The number of amides is 1. The lowest BCUT2D eigenvalue weighted by atomic mass is 9.87. The van der Waals surface area contributed by atoms with Gasteiger partial charge in [-0.1, -0.05) is 32.9 Å². The second-order valence-corrected chi connectivity index (χ2v) is 8.23. The molecule has 0 fully saturated rings. The first-order chi connectivity index (χ1) is 14.1. The molecule has 0 radical (unpaired) electrons.